The first kappa shape index (κ1) is 27.0. The Labute approximate surface area is 223 Å². The molecule has 0 radical (unpaired) electrons. The molecule has 3 aromatic rings. The third-order valence-electron chi connectivity index (χ3n) is 6.01. The number of alkyl halides is 2. The van der Waals surface area contributed by atoms with Gasteiger partial charge in [-0.3, -0.25) is 9.59 Å². The van der Waals surface area contributed by atoms with Crippen molar-refractivity contribution in [3.05, 3.63) is 87.4 Å². The van der Waals surface area contributed by atoms with Crippen molar-refractivity contribution in [1.29, 1.82) is 0 Å². The van der Waals surface area contributed by atoms with Crippen LogP contribution < -0.4 is 15.8 Å². The molecule has 2 atom stereocenters. The molecule has 5 nitrogen and oxygen atoms in total. The Hall–Kier alpha value is -3.01. The minimum Gasteiger partial charge on any atom is -0.493 e. The van der Waals surface area contributed by atoms with Crippen LogP contribution in [0.1, 0.15) is 27.4 Å². The number of rotatable bonds is 7. The highest BCUT2D eigenvalue weighted by Crippen LogP contribution is 2.65. The number of nitrogen functional groups attached to an aromatic ring is 1. The van der Waals surface area contributed by atoms with Crippen LogP contribution in [0.3, 0.4) is 0 Å². The van der Waals surface area contributed by atoms with Crippen molar-refractivity contribution < 1.29 is 31.9 Å². The van der Waals surface area contributed by atoms with E-state index < -0.39 is 69.0 Å². The Balaban J connectivity index is 1.59. The number of nitrogens with two attached hydrogens (primary N) is 1. The number of methoxy groups -OCH3 is 1. The van der Waals surface area contributed by atoms with Gasteiger partial charge in [0.15, 0.2) is 23.2 Å². The van der Waals surface area contributed by atoms with Crippen molar-refractivity contribution in [2.75, 3.05) is 18.2 Å². The number of carbonyl (C=O) groups excluding carboxylic acids is 2. The highest BCUT2D eigenvalue weighted by atomic mass is 35.5. The summed E-state index contributed by atoms with van der Waals surface area (Å²) in [6.07, 6.45) is -0.591. The lowest BCUT2D eigenvalue weighted by molar-refractivity contribution is -0.117. The van der Waals surface area contributed by atoms with Gasteiger partial charge in [0.2, 0.25) is 5.91 Å². The lowest BCUT2D eigenvalue weighted by Crippen LogP contribution is -2.18. The summed E-state index contributed by atoms with van der Waals surface area (Å²) in [4.78, 5) is 25.9. The standard InChI is InChI=1S/C25H17Cl3F4N2O3/c1-37-23-13(18(35)7-11-3-5-16(30)22(33)21(11)32)8-12(9-17(23)31)34-24(36)20-19(25(20,27)28)10-2-4-15(29)14(26)6-10/h2-6,8-9,19-20H,7,33H2,1H3,(H,34,36). The van der Waals surface area contributed by atoms with E-state index in [0.29, 0.717) is 5.56 Å². The van der Waals surface area contributed by atoms with Crippen LogP contribution in [0.2, 0.25) is 5.02 Å². The number of carbonyl (C=O) groups is 2. The number of benzene rings is 3. The highest BCUT2D eigenvalue weighted by Gasteiger charge is 2.67. The molecule has 0 bridgehead atoms. The summed E-state index contributed by atoms with van der Waals surface area (Å²) in [5.74, 6) is -7.40. The third kappa shape index (κ3) is 5.08. The van der Waals surface area contributed by atoms with E-state index in [-0.39, 0.29) is 21.8 Å². The van der Waals surface area contributed by atoms with Gasteiger partial charge in [-0.05, 0) is 35.4 Å². The molecule has 194 valence electrons. The summed E-state index contributed by atoms with van der Waals surface area (Å²) < 4.78 is 59.5. The Morgan fingerprint density at radius 3 is 2.35 bits per heavy atom. The van der Waals surface area contributed by atoms with Crippen LogP contribution in [0.15, 0.2) is 42.5 Å². The Bertz CT molecular complexity index is 1430. The molecular formula is C25H17Cl3F4N2O3. The number of hydrogen-bond acceptors (Lipinski definition) is 4. The average molecular weight is 576 g/mol. The lowest BCUT2D eigenvalue weighted by Gasteiger charge is -2.13. The summed E-state index contributed by atoms with van der Waals surface area (Å²) in [5.41, 5.74) is 4.37. The predicted molar refractivity (Wildman–Crippen MR) is 132 cm³/mol. The number of Topliss-reactive ketones (excluding diaryl/α,β-unsaturated/α-hetero) is 1. The van der Waals surface area contributed by atoms with Gasteiger partial charge in [-0.15, -0.1) is 23.2 Å². The molecule has 4 rings (SSSR count). The molecule has 1 aliphatic carbocycles. The van der Waals surface area contributed by atoms with E-state index in [2.05, 4.69) is 5.32 Å². The van der Waals surface area contributed by atoms with Crippen LogP contribution in [0.25, 0.3) is 0 Å². The minimum absolute atomic E-state index is 0.127. The van der Waals surface area contributed by atoms with Crippen LogP contribution >= 0.6 is 34.8 Å². The maximum absolute atomic E-state index is 14.8. The molecule has 0 aliphatic heterocycles. The van der Waals surface area contributed by atoms with E-state index in [0.717, 1.165) is 37.4 Å². The zero-order valence-corrected chi connectivity index (χ0v) is 21.1. The normalized spacial score (nSPS) is 17.8. The largest absolute Gasteiger partial charge is 0.493 e. The SMILES string of the molecule is COc1c(F)cc(NC(=O)C2C(c3ccc(F)c(Cl)c3)C2(Cl)Cl)cc1C(=O)Cc1ccc(F)c(N)c1F. The highest BCUT2D eigenvalue weighted by molar-refractivity contribution is 6.53. The average Bonchev–Trinajstić information content (AvgIpc) is 3.42. The van der Waals surface area contributed by atoms with Gasteiger partial charge in [0.25, 0.3) is 0 Å². The number of hydrogen-bond donors (Lipinski definition) is 2. The fourth-order valence-corrected chi connectivity index (χ4v) is 5.11. The van der Waals surface area contributed by atoms with E-state index in [9.17, 15) is 27.2 Å². The fraction of sp³-hybridized carbons (Fsp3) is 0.200. The third-order valence-corrected chi connectivity index (χ3v) is 7.24. The van der Waals surface area contributed by atoms with E-state index in [4.69, 9.17) is 45.3 Å². The van der Waals surface area contributed by atoms with Gasteiger partial charge >= 0.3 is 0 Å². The summed E-state index contributed by atoms with van der Waals surface area (Å²) in [6, 6.07) is 7.82. The second-order valence-electron chi connectivity index (χ2n) is 8.37. The smallest absolute Gasteiger partial charge is 0.231 e. The summed E-state index contributed by atoms with van der Waals surface area (Å²) >= 11 is 18.4. The molecular weight excluding hydrogens is 559 g/mol. The Morgan fingerprint density at radius 1 is 1.03 bits per heavy atom. The first-order valence-electron chi connectivity index (χ1n) is 10.6. The van der Waals surface area contributed by atoms with Gasteiger partial charge in [-0.1, -0.05) is 23.7 Å². The molecule has 0 aromatic heterocycles. The van der Waals surface area contributed by atoms with E-state index in [1.54, 1.807) is 0 Å². The van der Waals surface area contributed by atoms with Crippen molar-refractivity contribution in [3.63, 3.8) is 0 Å². The van der Waals surface area contributed by atoms with Gasteiger partial charge in [0.1, 0.15) is 21.7 Å². The van der Waals surface area contributed by atoms with Crippen LogP contribution in [0.5, 0.6) is 5.75 Å². The van der Waals surface area contributed by atoms with Crippen molar-refractivity contribution in [2.45, 2.75) is 16.7 Å². The zero-order chi connectivity index (χ0) is 27.2. The summed E-state index contributed by atoms with van der Waals surface area (Å²) in [5, 5.41) is 2.28. The van der Waals surface area contributed by atoms with Gasteiger partial charge in [-0.2, -0.15) is 0 Å². The number of halogens is 7. The van der Waals surface area contributed by atoms with E-state index in [1.807, 2.05) is 0 Å². The molecule has 12 heteroatoms. The number of anilines is 2. The minimum atomic E-state index is -1.55. The molecule has 0 spiro atoms. The van der Waals surface area contributed by atoms with Crippen molar-refractivity contribution in [1.82, 2.24) is 0 Å². The van der Waals surface area contributed by atoms with Gasteiger partial charge in [0, 0.05) is 24.1 Å². The quantitative estimate of drug-likeness (QED) is 0.147. The summed E-state index contributed by atoms with van der Waals surface area (Å²) in [7, 11) is 1.13. The fourth-order valence-electron chi connectivity index (χ4n) is 4.09. The second kappa shape index (κ2) is 10.0. The van der Waals surface area contributed by atoms with Crippen LogP contribution in [0.4, 0.5) is 28.9 Å². The number of ether oxygens (including phenoxy) is 1. The molecule has 1 saturated carbocycles. The van der Waals surface area contributed by atoms with E-state index >= 15 is 0 Å². The van der Waals surface area contributed by atoms with Crippen LogP contribution in [0, 0.1) is 29.2 Å². The van der Waals surface area contributed by atoms with Crippen molar-refractivity contribution >= 4 is 57.9 Å². The molecule has 0 saturated heterocycles. The maximum Gasteiger partial charge on any atom is 0.231 e. The molecule has 1 amide bonds. The monoisotopic (exact) mass is 574 g/mol. The molecule has 1 fully saturated rings. The van der Waals surface area contributed by atoms with Gasteiger partial charge < -0.3 is 15.8 Å². The molecule has 3 aromatic carbocycles. The lowest BCUT2D eigenvalue weighted by atomic mass is 10.00. The number of amides is 1. The second-order valence-corrected chi connectivity index (χ2v) is 10.2. The van der Waals surface area contributed by atoms with E-state index in [1.165, 1.54) is 12.1 Å². The van der Waals surface area contributed by atoms with Crippen molar-refractivity contribution in [2.24, 2.45) is 5.92 Å². The predicted octanol–water partition coefficient (Wildman–Crippen LogP) is 6.44. The first-order chi connectivity index (χ1) is 17.4. The molecule has 1 aliphatic rings. The molecule has 37 heavy (non-hydrogen) atoms. The zero-order valence-electron chi connectivity index (χ0n) is 18.9. The number of nitrogens with one attached hydrogen (secondary N) is 1. The molecule has 2 unspecified atom stereocenters. The van der Waals surface area contributed by atoms with Gasteiger partial charge in [0.05, 0.1) is 23.6 Å². The van der Waals surface area contributed by atoms with Gasteiger partial charge in [-0.25, -0.2) is 17.6 Å². The molecule has 0 heterocycles. The Kier molecular flexibility index (Phi) is 7.34. The topological polar surface area (TPSA) is 81.4 Å². The van der Waals surface area contributed by atoms with Crippen molar-refractivity contribution in [3.8, 4) is 5.75 Å². The van der Waals surface area contributed by atoms with Crippen LogP contribution in [-0.4, -0.2) is 23.1 Å². The van der Waals surface area contributed by atoms with Crippen LogP contribution in [-0.2, 0) is 11.2 Å². The molecule has 3 N–H and O–H groups in total. The maximum atomic E-state index is 14.8. The first-order valence-corrected chi connectivity index (χ1v) is 11.8. The Morgan fingerprint density at radius 2 is 1.70 bits per heavy atom. The number of ketones is 1. The summed E-state index contributed by atoms with van der Waals surface area (Å²) in [6.45, 7) is 0.